The van der Waals surface area contributed by atoms with E-state index in [0.717, 1.165) is 0 Å². The number of allylic oxidation sites excluding steroid dienone is 2. The Labute approximate surface area is 208 Å². The van der Waals surface area contributed by atoms with Gasteiger partial charge in [-0.3, -0.25) is 4.79 Å². The van der Waals surface area contributed by atoms with Crippen molar-refractivity contribution >= 4 is 5.97 Å². The number of carbonyl (C=O) groups is 1. The number of hydrogen-bond acceptors (Lipinski definition) is 2. The predicted molar refractivity (Wildman–Crippen MR) is 147 cm³/mol. The summed E-state index contributed by atoms with van der Waals surface area (Å²) in [5.74, 6) is 0.544. The first-order valence-corrected chi connectivity index (χ1v) is 15.0. The molecule has 33 heavy (non-hydrogen) atoms. The molecular weight excluding hydrogens is 404 g/mol. The molecule has 0 aliphatic rings. The molecule has 0 aromatic rings. The molecule has 196 valence electrons. The maximum Gasteiger partial charge on any atom is 0.306 e. The molecule has 0 bridgehead atoms. The highest BCUT2D eigenvalue weighted by Gasteiger charge is 2.14. The number of esters is 1. The highest BCUT2D eigenvalue weighted by molar-refractivity contribution is 5.69. The van der Waals surface area contributed by atoms with Crippen molar-refractivity contribution in [3.63, 3.8) is 0 Å². The van der Waals surface area contributed by atoms with Gasteiger partial charge in [0.05, 0.1) is 6.61 Å². The summed E-state index contributed by atoms with van der Waals surface area (Å²) in [6.45, 7) is 6.97. The van der Waals surface area contributed by atoms with E-state index >= 15 is 0 Å². The van der Waals surface area contributed by atoms with Crippen molar-refractivity contribution in [2.75, 3.05) is 6.61 Å². The third-order valence-electron chi connectivity index (χ3n) is 6.85. The predicted octanol–water partition coefficient (Wildman–Crippen LogP) is 10.7. The van der Waals surface area contributed by atoms with Crippen molar-refractivity contribution < 1.29 is 9.53 Å². The Morgan fingerprint density at radius 2 is 0.970 bits per heavy atom. The second-order valence-electron chi connectivity index (χ2n) is 10.2. The van der Waals surface area contributed by atoms with Crippen LogP contribution in [0, 0.1) is 5.92 Å². The molecular formula is C31H60O2. The smallest absolute Gasteiger partial charge is 0.306 e. The third kappa shape index (κ3) is 25.7. The molecule has 1 unspecified atom stereocenters. The molecule has 0 saturated carbocycles. The van der Waals surface area contributed by atoms with E-state index in [0.29, 0.717) is 18.9 Å². The van der Waals surface area contributed by atoms with Gasteiger partial charge in [-0.15, -0.1) is 0 Å². The minimum Gasteiger partial charge on any atom is -0.466 e. The van der Waals surface area contributed by atoms with Crippen LogP contribution in [0.2, 0.25) is 0 Å². The zero-order chi connectivity index (χ0) is 24.2. The minimum absolute atomic E-state index is 0.0122. The van der Waals surface area contributed by atoms with Gasteiger partial charge in [-0.1, -0.05) is 129 Å². The van der Waals surface area contributed by atoms with Gasteiger partial charge in [0.2, 0.25) is 0 Å². The van der Waals surface area contributed by atoms with E-state index in [4.69, 9.17) is 4.74 Å². The van der Waals surface area contributed by atoms with E-state index < -0.39 is 0 Å². The Morgan fingerprint density at radius 3 is 1.39 bits per heavy atom. The Kier molecular flexibility index (Phi) is 26.8. The number of hydrogen-bond donors (Lipinski definition) is 0. The van der Waals surface area contributed by atoms with Gasteiger partial charge in [0.25, 0.3) is 0 Å². The van der Waals surface area contributed by atoms with E-state index in [9.17, 15) is 4.79 Å². The van der Waals surface area contributed by atoms with Crippen LogP contribution in [0.3, 0.4) is 0 Å². The molecule has 0 N–H and O–H groups in total. The van der Waals surface area contributed by atoms with Crippen LogP contribution in [0.5, 0.6) is 0 Å². The van der Waals surface area contributed by atoms with Crippen LogP contribution < -0.4 is 0 Å². The molecule has 2 nitrogen and oxygen atoms in total. The van der Waals surface area contributed by atoms with Crippen molar-refractivity contribution in [2.45, 2.75) is 168 Å². The molecule has 0 fully saturated rings. The SMILES string of the molecule is CCCCCCCC/C=C\CCCCCCCC(CCCCCCCCC)CC(=O)OCC. The molecule has 1 atom stereocenters. The first kappa shape index (κ1) is 32.2. The number of unbranched alkanes of at least 4 members (excludes halogenated alkanes) is 17. The van der Waals surface area contributed by atoms with Gasteiger partial charge in [-0.25, -0.2) is 0 Å². The summed E-state index contributed by atoms with van der Waals surface area (Å²) in [6.07, 6.45) is 34.8. The monoisotopic (exact) mass is 464 g/mol. The van der Waals surface area contributed by atoms with E-state index in [1.165, 1.54) is 141 Å². The molecule has 2 heteroatoms. The summed E-state index contributed by atoms with van der Waals surface area (Å²) in [5.41, 5.74) is 0. The van der Waals surface area contributed by atoms with Crippen LogP contribution in [0.4, 0.5) is 0 Å². The first-order chi connectivity index (χ1) is 16.2. The molecule has 0 radical (unpaired) electrons. The topological polar surface area (TPSA) is 26.3 Å². The second-order valence-corrected chi connectivity index (χ2v) is 10.2. The highest BCUT2D eigenvalue weighted by atomic mass is 16.5. The minimum atomic E-state index is 0.0122. The lowest BCUT2D eigenvalue weighted by molar-refractivity contribution is -0.144. The van der Waals surface area contributed by atoms with Gasteiger partial charge in [0, 0.05) is 6.42 Å². The lowest BCUT2D eigenvalue weighted by Crippen LogP contribution is -2.12. The molecule has 0 amide bonds. The van der Waals surface area contributed by atoms with Gasteiger partial charge < -0.3 is 4.74 Å². The number of ether oxygens (including phenoxy) is 1. The molecule has 0 aromatic carbocycles. The van der Waals surface area contributed by atoms with Gasteiger partial charge in [0.1, 0.15) is 0 Å². The van der Waals surface area contributed by atoms with E-state index in [1.54, 1.807) is 0 Å². The molecule has 0 aliphatic carbocycles. The van der Waals surface area contributed by atoms with Crippen LogP contribution in [0.15, 0.2) is 12.2 Å². The van der Waals surface area contributed by atoms with Gasteiger partial charge >= 0.3 is 5.97 Å². The molecule has 0 saturated heterocycles. The maximum atomic E-state index is 12.0. The molecule has 0 heterocycles. The fraction of sp³-hybridized carbons (Fsp3) is 0.903. The molecule has 0 aliphatic heterocycles. The van der Waals surface area contributed by atoms with Gasteiger partial charge in [-0.2, -0.15) is 0 Å². The normalized spacial score (nSPS) is 12.5. The largest absolute Gasteiger partial charge is 0.466 e. The zero-order valence-electron chi connectivity index (χ0n) is 23.0. The Balaban J connectivity index is 3.73. The van der Waals surface area contributed by atoms with Crippen LogP contribution in [0.1, 0.15) is 168 Å². The molecule has 0 aromatic heterocycles. The summed E-state index contributed by atoms with van der Waals surface area (Å²) in [4.78, 5) is 12.0. The standard InChI is InChI=1S/C31H60O2/c1-4-7-9-11-13-14-15-16-17-18-19-20-22-24-26-28-30(29-31(32)33-6-3)27-25-23-21-12-10-8-5-2/h16-17,30H,4-15,18-29H2,1-3H3/b17-16-. The zero-order valence-corrected chi connectivity index (χ0v) is 23.0. The van der Waals surface area contributed by atoms with Crippen LogP contribution in [-0.2, 0) is 9.53 Å². The Hall–Kier alpha value is -0.790. The van der Waals surface area contributed by atoms with Crippen molar-refractivity contribution in [3.05, 3.63) is 12.2 Å². The van der Waals surface area contributed by atoms with E-state index in [2.05, 4.69) is 26.0 Å². The maximum absolute atomic E-state index is 12.0. The fourth-order valence-electron chi connectivity index (χ4n) is 4.70. The molecule has 0 spiro atoms. The van der Waals surface area contributed by atoms with Crippen molar-refractivity contribution in [2.24, 2.45) is 5.92 Å². The average molecular weight is 465 g/mol. The Bertz CT molecular complexity index is 415. The van der Waals surface area contributed by atoms with E-state index in [-0.39, 0.29) is 5.97 Å². The first-order valence-electron chi connectivity index (χ1n) is 15.0. The van der Waals surface area contributed by atoms with Crippen LogP contribution in [0.25, 0.3) is 0 Å². The third-order valence-corrected chi connectivity index (χ3v) is 6.85. The lowest BCUT2D eigenvalue weighted by Gasteiger charge is -2.16. The Morgan fingerprint density at radius 1 is 0.576 bits per heavy atom. The summed E-state index contributed by atoms with van der Waals surface area (Å²) >= 11 is 0. The summed E-state index contributed by atoms with van der Waals surface area (Å²) in [7, 11) is 0. The van der Waals surface area contributed by atoms with Crippen molar-refractivity contribution in [1.82, 2.24) is 0 Å². The fourth-order valence-corrected chi connectivity index (χ4v) is 4.70. The number of rotatable bonds is 26. The molecule has 0 rings (SSSR count). The van der Waals surface area contributed by atoms with Crippen LogP contribution in [-0.4, -0.2) is 12.6 Å². The van der Waals surface area contributed by atoms with Gasteiger partial charge in [0.15, 0.2) is 0 Å². The van der Waals surface area contributed by atoms with Crippen LogP contribution >= 0.6 is 0 Å². The number of carbonyl (C=O) groups excluding carboxylic acids is 1. The average Bonchev–Trinajstić information content (AvgIpc) is 2.80. The van der Waals surface area contributed by atoms with Crippen molar-refractivity contribution in [1.29, 1.82) is 0 Å². The van der Waals surface area contributed by atoms with E-state index in [1.807, 2.05) is 6.92 Å². The second kappa shape index (κ2) is 27.5. The quantitative estimate of drug-likeness (QED) is 0.0722. The van der Waals surface area contributed by atoms with Crippen molar-refractivity contribution in [3.8, 4) is 0 Å². The summed E-state index contributed by atoms with van der Waals surface area (Å²) in [5, 5.41) is 0. The summed E-state index contributed by atoms with van der Waals surface area (Å²) < 4.78 is 5.23. The highest BCUT2D eigenvalue weighted by Crippen LogP contribution is 2.23. The summed E-state index contributed by atoms with van der Waals surface area (Å²) in [6, 6.07) is 0. The lowest BCUT2D eigenvalue weighted by atomic mass is 9.91. The van der Waals surface area contributed by atoms with Gasteiger partial charge in [-0.05, 0) is 51.4 Å².